The maximum Gasteiger partial charge on any atom is 0.236 e. The molecule has 0 aliphatic carbocycles. The highest BCUT2D eigenvalue weighted by Crippen LogP contribution is 2.17. The van der Waals surface area contributed by atoms with Crippen LogP contribution in [0.1, 0.15) is 31.7 Å². The number of carbonyl (C=O) groups is 2. The van der Waals surface area contributed by atoms with E-state index in [-0.39, 0.29) is 11.8 Å². The lowest BCUT2D eigenvalue weighted by Gasteiger charge is -2.38. The fraction of sp³-hybridized carbons (Fsp3) is 0.571. The van der Waals surface area contributed by atoms with Gasteiger partial charge in [0.2, 0.25) is 11.8 Å². The summed E-state index contributed by atoms with van der Waals surface area (Å²) in [6, 6.07) is 6.34. The number of fused-ring (bicyclic) bond motifs is 1. The molecule has 1 aromatic heterocycles. The number of nitrogens with one attached hydrogen (secondary N) is 1. The summed E-state index contributed by atoms with van der Waals surface area (Å²) < 4.78 is 0. The van der Waals surface area contributed by atoms with Gasteiger partial charge in [-0.15, -0.1) is 0 Å². The molecule has 1 N–H and O–H groups in total. The van der Waals surface area contributed by atoms with Crippen molar-refractivity contribution in [3.63, 3.8) is 0 Å². The fourth-order valence-corrected chi connectivity index (χ4v) is 4.29. The predicted octanol–water partition coefficient (Wildman–Crippen LogP) is 1.65. The molecule has 7 heteroatoms. The Balaban J connectivity index is 1.26. The van der Waals surface area contributed by atoms with Crippen molar-refractivity contribution in [2.24, 2.45) is 0 Å². The second-order valence-corrected chi connectivity index (χ2v) is 8.06. The molecule has 0 bridgehead atoms. The molecule has 2 aliphatic rings. The zero-order chi connectivity index (χ0) is 19.5. The number of rotatable bonds is 4. The van der Waals surface area contributed by atoms with Gasteiger partial charge in [0.25, 0.3) is 0 Å². The van der Waals surface area contributed by atoms with Gasteiger partial charge in [-0.3, -0.25) is 19.6 Å². The van der Waals surface area contributed by atoms with Gasteiger partial charge in [-0.1, -0.05) is 12.1 Å². The van der Waals surface area contributed by atoms with Crippen molar-refractivity contribution in [3.8, 4) is 0 Å². The normalized spacial score (nSPS) is 21.2. The van der Waals surface area contributed by atoms with Gasteiger partial charge in [0.1, 0.15) is 0 Å². The average molecular weight is 383 g/mol. The third-order valence-electron chi connectivity index (χ3n) is 6.07. The van der Waals surface area contributed by atoms with Gasteiger partial charge in [0.05, 0.1) is 24.7 Å². The molecule has 28 heavy (non-hydrogen) atoms. The SMILES string of the molecule is CC1CCCCN1C(=O)CN1CCN(C(=O)Cc2ccc3cn[nH]c3c2)CC1. The highest BCUT2D eigenvalue weighted by Gasteiger charge is 2.27. The molecule has 1 aromatic carbocycles. The Hall–Kier alpha value is -2.41. The van der Waals surface area contributed by atoms with Crippen molar-refractivity contribution in [3.05, 3.63) is 30.0 Å². The lowest BCUT2D eigenvalue weighted by molar-refractivity contribution is -0.137. The number of H-pyrrole nitrogens is 1. The molecule has 2 saturated heterocycles. The number of amides is 2. The minimum Gasteiger partial charge on any atom is -0.340 e. The Morgan fingerprint density at radius 2 is 1.93 bits per heavy atom. The van der Waals surface area contributed by atoms with Gasteiger partial charge in [0.15, 0.2) is 0 Å². The van der Waals surface area contributed by atoms with E-state index in [4.69, 9.17) is 0 Å². The van der Waals surface area contributed by atoms with Crippen LogP contribution >= 0.6 is 0 Å². The average Bonchev–Trinajstić information content (AvgIpc) is 3.16. The van der Waals surface area contributed by atoms with Crippen molar-refractivity contribution >= 4 is 22.7 Å². The minimum atomic E-state index is 0.148. The first-order valence-corrected chi connectivity index (χ1v) is 10.3. The maximum atomic E-state index is 12.7. The lowest BCUT2D eigenvalue weighted by Crippen LogP contribution is -2.53. The molecule has 2 aromatic rings. The second-order valence-electron chi connectivity index (χ2n) is 8.06. The molecular weight excluding hydrogens is 354 g/mol. The Kier molecular flexibility index (Phi) is 5.62. The molecule has 2 amide bonds. The minimum absolute atomic E-state index is 0.148. The van der Waals surface area contributed by atoms with Gasteiger partial charge in [0, 0.05) is 44.2 Å². The van der Waals surface area contributed by atoms with E-state index in [1.165, 1.54) is 6.42 Å². The molecule has 2 fully saturated rings. The largest absolute Gasteiger partial charge is 0.340 e. The van der Waals surface area contributed by atoms with E-state index in [0.717, 1.165) is 48.9 Å². The number of carbonyl (C=O) groups excluding carboxylic acids is 2. The van der Waals surface area contributed by atoms with Gasteiger partial charge in [-0.25, -0.2) is 0 Å². The molecule has 1 atom stereocenters. The van der Waals surface area contributed by atoms with Crippen molar-refractivity contribution < 1.29 is 9.59 Å². The van der Waals surface area contributed by atoms with E-state index in [1.807, 2.05) is 28.0 Å². The first kappa shape index (κ1) is 18.9. The van der Waals surface area contributed by atoms with Crippen LogP contribution in [0.25, 0.3) is 10.9 Å². The van der Waals surface area contributed by atoms with Crippen LogP contribution in [0.2, 0.25) is 0 Å². The summed E-state index contributed by atoms with van der Waals surface area (Å²) in [4.78, 5) is 31.4. The number of hydrogen-bond acceptors (Lipinski definition) is 4. The number of piperidine rings is 1. The third kappa shape index (κ3) is 4.19. The van der Waals surface area contributed by atoms with Crippen LogP contribution in [0, 0.1) is 0 Å². The highest BCUT2D eigenvalue weighted by molar-refractivity contribution is 5.83. The summed E-state index contributed by atoms with van der Waals surface area (Å²) in [5, 5.41) is 8.03. The van der Waals surface area contributed by atoms with Crippen molar-refractivity contribution in [2.45, 2.75) is 38.6 Å². The third-order valence-corrected chi connectivity index (χ3v) is 6.07. The van der Waals surface area contributed by atoms with Crippen LogP contribution in [0.4, 0.5) is 0 Å². The monoisotopic (exact) mass is 383 g/mol. The molecule has 0 saturated carbocycles. The van der Waals surface area contributed by atoms with E-state index < -0.39 is 0 Å². The smallest absolute Gasteiger partial charge is 0.236 e. The van der Waals surface area contributed by atoms with Crippen molar-refractivity contribution in [2.75, 3.05) is 39.3 Å². The van der Waals surface area contributed by atoms with E-state index >= 15 is 0 Å². The summed E-state index contributed by atoms with van der Waals surface area (Å²) >= 11 is 0. The van der Waals surface area contributed by atoms with Crippen LogP contribution in [0.5, 0.6) is 0 Å². The zero-order valence-electron chi connectivity index (χ0n) is 16.6. The second kappa shape index (κ2) is 8.31. The molecule has 3 heterocycles. The first-order valence-electron chi connectivity index (χ1n) is 10.3. The fourth-order valence-electron chi connectivity index (χ4n) is 4.29. The summed E-state index contributed by atoms with van der Waals surface area (Å²) in [5.41, 5.74) is 1.96. The number of benzene rings is 1. The topological polar surface area (TPSA) is 72.5 Å². The summed E-state index contributed by atoms with van der Waals surface area (Å²) in [6.07, 6.45) is 5.63. The van der Waals surface area contributed by atoms with Crippen LogP contribution in [-0.4, -0.2) is 82.0 Å². The highest BCUT2D eigenvalue weighted by atomic mass is 16.2. The number of aromatic nitrogens is 2. The molecule has 1 unspecified atom stereocenters. The molecule has 0 spiro atoms. The van der Waals surface area contributed by atoms with Gasteiger partial charge in [-0.2, -0.15) is 5.10 Å². The number of piperazine rings is 1. The van der Waals surface area contributed by atoms with Gasteiger partial charge >= 0.3 is 0 Å². The standard InChI is InChI=1S/C21H29N5O2/c1-16-4-2-3-7-26(16)21(28)15-24-8-10-25(11-9-24)20(27)13-17-5-6-18-14-22-23-19(18)12-17/h5-6,12,14,16H,2-4,7-11,13,15H2,1H3,(H,22,23). The van der Waals surface area contributed by atoms with E-state index in [1.54, 1.807) is 6.20 Å². The lowest BCUT2D eigenvalue weighted by atomic mass is 10.0. The summed E-state index contributed by atoms with van der Waals surface area (Å²) in [6.45, 7) is 6.41. The quantitative estimate of drug-likeness (QED) is 0.871. The van der Waals surface area contributed by atoms with Crippen LogP contribution in [-0.2, 0) is 16.0 Å². The zero-order valence-corrected chi connectivity index (χ0v) is 16.6. The predicted molar refractivity (Wildman–Crippen MR) is 108 cm³/mol. The number of nitrogens with zero attached hydrogens (tertiary/aromatic N) is 4. The number of hydrogen-bond donors (Lipinski definition) is 1. The summed E-state index contributed by atoms with van der Waals surface area (Å²) in [7, 11) is 0. The summed E-state index contributed by atoms with van der Waals surface area (Å²) in [5.74, 6) is 0.384. The van der Waals surface area contributed by atoms with Gasteiger partial charge in [-0.05, 0) is 37.8 Å². The van der Waals surface area contributed by atoms with Crippen LogP contribution in [0.3, 0.4) is 0 Å². The van der Waals surface area contributed by atoms with E-state index in [0.29, 0.717) is 32.1 Å². The molecular formula is C21H29N5O2. The van der Waals surface area contributed by atoms with Crippen LogP contribution < -0.4 is 0 Å². The van der Waals surface area contributed by atoms with E-state index in [2.05, 4.69) is 22.0 Å². The van der Waals surface area contributed by atoms with Crippen LogP contribution in [0.15, 0.2) is 24.4 Å². The van der Waals surface area contributed by atoms with Crippen molar-refractivity contribution in [1.82, 2.24) is 24.9 Å². The Bertz CT molecular complexity index is 840. The molecule has 7 nitrogen and oxygen atoms in total. The van der Waals surface area contributed by atoms with Gasteiger partial charge < -0.3 is 9.80 Å². The molecule has 0 radical (unpaired) electrons. The molecule has 4 rings (SSSR count). The molecule has 150 valence electrons. The maximum absolute atomic E-state index is 12.7. The number of aromatic amines is 1. The Morgan fingerprint density at radius 3 is 2.71 bits per heavy atom. The van der Waals surface area contributed by atoms with E-state index in [9.17, 15) is 9.59 Å². The first-order chi connectivity index (χ1) is 13.6. The van der Waals surface area contributed by atoms with Crippen molar-refractivity contribution in [1.29, 1.82) is 0 Å². The number of likely N-dealkylation sites (tertiary alicyclic amines) is 1. The Labute approximate surface area is 165 Å². The Morgan fingerprint density at radius 1 is 1.11 bits per heavy atom. The molecule has 2 aliphatic heterocycles.